The highest BCUT2D eigenvalue weighted by molar-refractivity contribution is 6.02. The molecule has 0 aliphatic carbocycles. The smallest absolute Gasteiger partial charge is 0.373 e. The van der Waals surface area contributed by atoms with Crippen molar-refractivity contribution in [1.29, 1.82) is 0 Å². The van der Waals surface area contributed by atoms with Crippen LogP contribution in [0.1, 0.15) is 28.9 Å². The third-order valence-corrected chi connectivity index (χ3v) is 15.7. The Bertz CT molecular complexity index is 3570. The summed E-state index contributed by atoms with van der Waals surface area (Å²) in [4.78, 5) is 167. The number of H-pyrrole nitrogens is 1. The van der Waals surface area contributed by atoms with Gasteiger partial charge in [-0.15, -0.1) is 0 Å². The van der Waals surface area contributed by atoms with Crippen LogP contribution in [0.15, 0.2) is 83.8 Å². The maximum absolute atomic E-state index is 14.2. The fourth-order valence-electron chi connectivity index (χ4n) is 10.4. The van der Waals surface area contributed by atoms with Gasteiger partial charge in [0, 0.05) is 158 Å². The number of amides is 5. The Morgan fingerprint density at radius 2 is 0.890 bits per heavy atom. The number of hydrogen-bond acceptors (Lipinski definition) is 29. The van der Waals surface area contributed by atoms with Crippen molar-refractivity contribution in [2.45, 2.75) is 38.0 Å². The Morgan fingerprint density at radius 3 is 1.31 bits per heavy atom. The molecule has 5 amide bonds. The zero-order chi connectivity index (χ0) is 73.1. The van der Waals surface area contributed by atoms with Gasteiger partial charge in [-0.1, -0.05) is 0 Å². The van der Waals surface area contributed by atoms with Gasteiger partial charge in [-0.05, 0) is 93.3 Å². The first-order chi connectivity index (χ1) is 47.8. The van der Waals surface area contributed by atoms with Crippen molar-refractivity contribution < 1.29 is 83.4 Å². The molecule has 2 fully saturated rings. The maximum atomic E-state index is 14.2. The number of carboxylic acid groups (broad SMARTS) is 2. The number of aromatic nitrogens is 4. The summed E-state index contributed by atoms with van der Waals surface area (Å²) in [7, 11) is 3.84. The van der Waals surface area contributed by atoms with E-state index in [-0.39, 0.29) is 105 Å². The van der Waals surface area contributed by atoms with Gasteiger partial charge in [0.2, 0.25) is 29.6 Å². The van der Waals surface area contributed by atoms with Crippen LogP contribution in [0.3, 0.4) is 0 Å². The van der Waals surface area contributed by atoms with E-state index >= 15 is 0 Å². The minimum absolute atomic E-state index is 0.0106. The van der Waals surface area contributed by atoms with E-state index in [1.54, 1.807) is 60.7 Å². The maximum Gasteiger partial charge on any atom is 0.373 e. The minimum Gasteiger partial charge on any atom is -0.480 e. The Kier molecular flexibility index (Phi) is 34.5. The number of hydrogen-bond donors (Lipinski definition) is 14. The van der Waals surface area contributed by atoms with Crippen molar-refractivity contribution in [3.63, 3.8) is 0 Å². The van der Waals surface area contributed by atoms with Crippen LogP contribution >= 0.6 is 0 Å². The molecule has 2 saturated heterocycles. The van der Waals surface area contributed by atoms with Crippen LogP contribution in [-0.4, -0.2) is 320 Å². The molecule has 1 atom stereocenters. The molecule has 5 aromatic rings. The van der Waals surface area contributed by atoms with Crippen LogP contribution in [0.4, 0.5) is 34.4 Å². The summed E-state index contributed by atoms with van der Waals surface area (Å²) < 4.78 is 0. The van der Waals surface area contributed by atoms with Crippen molar-refractivity contribution in [1.82, 2.24) is 64.5 Å². The number of likely N-dealkylation sites (N-methyl/N-ethyl adjacent to an activating group) is 2. The summed E-state index contributed by atoms with van der Waals surface area (Å²) in [6, 6.07) is 17.7. The molecule has 0 saturated carbocycles. The third-order valence-electron chi connectivity index (χ3n) is 15.7. The number of aliphatic carboxylic acids is 2. The monoisotopic (exact) mass is 1400 g/mol. The van der Waals surface area contributed by atoms with Gasteiger partial charge in [-0.2, -0.15) is 24.2 Å². The fraction of sp³-hybridized carbons (Fsp3) is 0.476. The molecule has 15 N–H and O–H groups in total. The van der Waals surface area contributed by atoms with Gasteiger partial charge in [0.15, 0.2) is 23.7 Å². The molecule has 1 unspecified atom stereocenters. The van der Waals surface area contributed by atoms with E-state index in [0.717, 1.165) is 0 Å². The first-order valence-electron chi connectivity index (χ1n) is 31.7. The lowest BCUT2D eigenvalue weighted by atomic mass is 10.1. The lowest BCUT2D eigenvalue weighted by molar-refractivity contribution is -0.193. The summed E-state index contributed by atoms with van der Waals surface area (Å²) in [5.74, 6) is -4.55. The number of fused-ring (bicyclic) bond motifs is 1. The molecule has 4 heterocycles. The molecule has 0 spiro atoms. The van der Waals surface area contributed by atoms with Gasteiger partial charge in [0.05, 0.1) is 44.6 Å². The van der Waals surface area contributed by atoms with E-state index in [1.807, 2.05) is 43.5 Å². The number of nitrogens with two attached hydrogens (primary N) is 1. The highest BCUT2D eigenvalue weighted by Gasteiger charge is 2.26. The second-order valence-electron chi connectivity index (χ2n) is 23.5. The number of aliphatic hydroxyl groups is 4. The zero-order valence-corrected chi connectivity index (χ0v) is 55.5. The van der Waals surface area contributed by atoms with Crippen LogP contribution in [0, 0.1) is 0 Å². The number of carbonyl (C=O) groups excluding carboxylic acids is 9. The number of aliphatic hydroxyl groups excluding tert-OH is 2. The van der Waals surface area contributed by atoms with E-state index < -0.39 is 53.8 Å². The standard InChI is InChI=1S/C61H87N19O14.2CO2/c1-73-17-21-77(37-52(84)85)29-25-75(26-30-78(22-18-73)38-53(86)87)35-50(82)66-44-9-7-43(8-10-44)65-49(81)16-15-48(70-58(92)41-3-5-42(6-4-41)63-33-47-34-64-57-56(68-47)60(94)72-61(62)71-57)59(93)69-46-13-11-45(12-14-46)67-51(83)36-76-27-31-79(39-54(88)89)23-19-74(2)20-24-80(32-28-76)40-55(90)91;2*2-1-3/h3-14,34,48,52,54,63,84-85,88-89H,15-33,35-40H2,1-2H3,(H,65,81)(H,66,82)(H,67,83)(H,69,93)(H,70,92)(H,86,87)(H,90,91)(H3,62,64,71,72,94);;. The third kappa shape index (κ3) is 30.9. The van der Waals surface area contributed by atoms with Gasteiger partial charge in [-0.25, -0.2) is 9.97 Å². The van der Waals surface area contributed by atoms with Gasteiger partial charge in [0.1, 0.15) is 6.04 Å². The molecule has 0 radical (unpaired) electrons. The lowest BCUT2D eigenvalue weighted by Gasteiger charge is -2.32. The normalized spacial score (nSPS) is 16.0. The number of nitrogen functional groups attached to an aromatic ring is 1. The predicted molar refractivity (Wildman–Crippen MR) is 359 cm³/mol. The summed E-state index contributed by atoms with van der Waals surface area (Å²) in [5, 5.41) is 75.4. The number of rotatable bonds is 25. The lowest BCUT2D eigenvalue weighted by Crippen LogP contribution is -2.48. The SMILES string of the molecule is CN1CCN(CC(=O)O)CCN(CC(=O)Nc2ccc(NC(=O)CCC(NC(=O)c3ccc(NCc4cnc5nc(N)[nH]c(=O)c5n4)cc3)C(=O)Nc3ccc(NC(=O)CN4CCN(CC(=O)O)CCN(C)CCN(CC(O)O)CC4)cc3)cc2)CCN(CC(O)O)CC1.O=C=O.O=C=O. The number of nitrogens with one attached hydrogen (secondary N) is 7. The van der Waals surface area contributed by atoms with Crippen molar-refractivity contribution in [3.05, 3.63) is 101 Å². The molecular weight excluding hydrogens is 1310 g/mol. The first kappa shape index (κ1) is 80.7. The Hall–Kier alpha value is -9.95. The van der Waals surface area contributed by atoms with Crippen LogP contribution < -0.4 is 43.2 Å². The molecule has 100 heavy (non-hydrogen) atoms. The topological polar surface area (TPSA) is 505 Å². The van der Waals surface area contributed by atoms with Crippen molar-refractivity contribution >= 4 is 99.3 Å². The number of aromatic amines is 1. The molecule has 7 rings (SSSR count). The Morgan fingerprint density at radius 1 is 0.520 bits per heavy atom. The number of anilines is 6. The van der Waals surface area contributed by atoms with Crippen LogP contribution in [-0.2, 0) is 54.5 Å². The van der Waals surface area contributed by atoms with E-state index in [9.17, 15) is 69.0 Å². The number of carboxylic acids is 2. The average Bonchev–Trinajstić information content (AvgIpc) is 0.815. The number of carbonyl (C=O) groups is 7. The molecule has 2 aromatic heterocycles. The van der Waals surface area contributed by atoms with E-state index in [2.05, 4.69) is 61.6 Å². The summed E-state index contributed by atoms with van der Waals surface area (Å²) in [5.41, 5.74) is 7.86. The summed E-state index contributed by atoms with van der Waals surface area (Å²) in [6.07, 6.45) is -1.56. The number of nitrogens with zero attached hydrogens (tertiary/aromatic N) is 11. The predicted octanol–water partition coefficient (Wildman–Crippen LogP) is -3.73. The van der Waals surface area contributed by atoms with Gasteiger partial charge in [-0.3, -0.25) is 72.7 Å². The largest absolute Gasteiger partial charge is 0.480 e. The van der Waals surface area contributed by atoms with Crippen molar-refractivity contribution in [2.75, 3.05) is 190 Å². The highest BCUT2D eigenvalue weighted by Crippen LogP contribution is 2.19. The van der Waals surface area contributed by atoms with Gasteiger partial charge in [0.25, 0.3) is 11.5 Å². The molecule has 542 valence electrons. The quantitative estimate of drug-likeness (QED) is 0.0250. The highest BCUT2D eigenvalue weighted by atomic mass is 16.5. The summed E-state index contributed by atoms with van der Waals surface area (Å²) >= 11 is 0. The van der Waals surface area contributed by atoms with Crippen LogP contribution in [0.5, 0.6) is 0 Å². The number of benzene rings is 3. The van der Waals surface area contributed by atoms with Gasteiger partial charge >= 0.3 is 24.2 Å². The summed E-state index contributed by atoms with van der Waals surface area (Å²) in [6.45, 7) is 7.19. The molecule has 3 aromatic carbocycles. The molecule has 2 aliphatic rings. The average molecular weight is 1400 g/mol. The Balaban J connectivity index is 0.00000290. The second-order valence-corrected chi connectivity index (χ2v) is 23.5. The van der Waals surface area contributed by atoms with Crippen LogP contribution in [0.25, 0.3) is 11.2 Å². The van der Waals surface area contributed by atoms with E-state index in [1.165, 1.54) is 18.3 Å². The van der Waals surface area contributed by atoms with Crippen LogP contribution in [0.2, 0.25) is 0 Å². The van der Waals surface area contributed by atoms with Crippen molar-refractivity contribution in [3.8, 4) is 0 Å². The minimum atomic E-state index is -1.56. The zero-order valence-electron chi connectivity index (χ0n) is 55.5. The molecule has 37 heteroatoms. The molecular formula is C63H87N19O18. The second kappa shape index (κ2) is 42.8. The molecule has 2 aliphatic heterocycles. The number of β-amino-alcohol motifs (C(OH)–C–C–N with tert-alkyl or cyclic N) is 4. The molecule has 37 nitrogen and oxygen atoms in total. The van der Waals surface area contributed by atoms with E-state index in [0.29, 0.717) is 139 Å². The Labute approximate surface area is 574 Å². The molecule has 0 bridgehead atoms. The first-order valence-corrected chi connectivity index (χ1v) is 31.7. The van der Waals surface area contributed by atoms with E-state index in [4.69, 9.17) is 24.9 Å². The fourth-order valence-corrected chi connectivity index (χ4v) is 10.4. The van der Waals surface area contributed by atoms with Gasteiger partial charge < -0.3 is 78.1 Å². The van der Waals surface area contributed by atoms with Crippen molar-refractivity contribution in [2.24, 2.45) is 0 Å².